The molecule has 1 aliphatic rings. The quantitative estimate of drug-likeness (QED) is 0.321. The maximum absolute atomic E-state index is 13.9. The van der Waals surface area contributed by atoms with Crippen LogP contribution in [0, 0.1) is 12.4 Å². The Bertz CT molecular complexity index is 1610. The number of aryl methyl sites for hydroxylation is 1. The Kier molecular flexibility index (Phi) is 6.77. The molecule has 5 rings (SSSR count). The van der Waals surface area contributed by atoms with Crippen LogP contribution in [0.1, 0.15) is 57.7 Å². The molecule has 4 aromatic rings. The van der Waals surface area contributed by atoms with Crippen molar-refractivity contribution in [1.29, 1.82) is 0 Å². The Morgan fingerprint density at radius 3 is 2.44 bits per heavy atom. The highest BCUT2D eigenvalue weighted by Gasteiger charge is 2.38. The van der Waals surface area contributed by atoms with Crippen LogP contribution in [0.2, 0.25) is 0 Å². The molecule has 0 N–H and O–H groups in total. The van der Waals surface area contributed by atoms with Crippen molar-refractivity contribution in [2.75, 3.05) is 18.0 Å². The van der Waals surface area contributed by atoms with Gasteiger partial charge >= 0.3 is 0 Å². The highest BCUT2D eigenvalue weighted by atomic mass is 19.1. The largest absolute Gasteiger partial charge is 0.362 e. The number of rotatable bonds is 4. The highest BCUT2D eigenvalue weighted by Crippen LogP contribution is 2.37. The van der Waals surface area contributed by atoms with Crippen LogP contribution < -0.4 is 10.5 Å². The number of piperazine rings is 1. The van der Waals surface area contributed by atoms with E-state index in [4.69, 9.17) is 11.1 Å². The Morgan fingerprint density at radius 2 is 1.79 bits per heavy atom. The fourth-order valence-corrected chi connectivity index (χ4v) is 5.38. The summed E-state index contributed by atoms with van der Waals surface area (Å²) >= 11 is 0. The number of pyridine rings is 2. The smallest absolute Gasteiger partial charge is 0.270 e. The minimum atomic E-state index is -0.289. The summed E-state index contributed by atoms with van der Waals surface area (Å²) in [5.41, 5.74) is 3.44. The first-order valence-electron chi connectivity index (χ1n) is 13.1. The van der Waals surface area contributed by atoms with Crippen LogP contribution in [-0.2, 0) is 12.5 Å². The predicted octanol–water partition coefficient (Wildman–Crippen LogP) is 5.60. The van der Waals surface area contributed by atoms with Crippen LogP contribution in [0.15, 0.2) is 57.8 Å². The lowest BCUT2D eigenvalue weighted by Crippen LogP contribution is -2.57. The fraction of sp³-hybridized carbons (Fsp3) is 0.400. The van der Waals surface area contributed by atoms with Gasteiger partial charge in [-0.15, -0.1) is 4.98 Å². The molecule has 8 nitrogen and oxygen atoms in total. The predicted molar refractivity (Wildman–Crippen MR) is 150 cm³/mol. The van der Waals surface area contributed by atoms with E-state index in [1.54, 1.807) is 41.9 Å². The zero-order valence-corrected chi connectivity index (χ0v) is 23.1. The number of fused-ring (bicyclic) bond motifs is 1. The molecular weight excluding hydrogens is 495 g/mol. The highest BCUT2D eigenvalue weighted by molar-refractivity contribution is 5.89. The number of benzene rings is 1. The van der Waals surface area contributed by atoms with E-state index in [-0.39, 0.29) is 34.9 Å². The summed E-state index contributed by atoms with van der Waals surface area (Å²) in [6, 6.07) is 13.4. The van der Waals surface area contributed by atoms with Gasteiger partial charge in [-0.05, 0) is 43.7 Å². The molecule has 1 unspecified atom stereocenters. The van der Waals surface area contributed by atoms with E-state index in [1.165, 1.54) is 12.1 Å². The van der Waals surface area contributed by atoms with Crippen molar-refractivity contribution >= 4 is 22.5 Å². The second-order valence-corrected chi connectivity index (χ2v) is 11.4. The second-order valence-electron chi connectivity index (χ2n) is 11.4. The summed E-state index contributed by atoms with van der Waals surface area (Å²) in [5, 5.41) is 4.47. The van der Waals surface area contributed by atoms with Gasteiger partial charge in [0, 0.05) is 49.8 Å². The molecule has 0 amide bonds. The molecule has 0 saturated carbocycles. The van der Waals surface area contributed by atoms with E-state index >= 15 is 0 Å². The van der Waals surface area contributed by atoms with Crippen molar-refractivity contribution in [3.05, 3.63) is 93.1 Å². The van der Waals surface area contributed by atoms with Gasteiger partial charge in [0.15, 0.2) is 0 Å². The lowest BCUT2D eigenvalue weighted by atomic mass is 9.91. The molecule has 3 aromatic heterocycles. The SMILES string of the molecule is [C-]#[N+]c1ccc2c(n1)c(N1C[C@@H](C)N(C(c3ccc(F)cc3)c3cc(C(C)(C)C)on3)C[C@@H]1C)cc(=O)n2C. The maximum atomic E-state index is 13.9. The van der Waals surface area contributed by atoms with Gasteiger partial charge in [-0.1, -0.05) is 44.6 Å². The van der Waals surface area contributed by atoms with Gasteiger partial charge in [0.1, 0.15) is 17.3 Å². The molecule has 202 valence electrons. The molecule has 0 spiro atoms. The van der Waals surface area contributed by atoms with E-state index < -0.39 is 0 Å². The third kappa shape index (κ3) is 4.92. The second kappa shape index (κ2) is 9.93. The minimum absolute atomic E-state index is 0.00633. The monoisotopic (exact) mass is 528 g/mol. The molecule has 3 atom stereocenters. The molecule has 0 radical (unpaired) electrons. The van der Waals surface area contributed by atoms with Crippen LogP contribution in [0.3, 0.4) is 0 Å². The number of hydrogen-bond donors (Lipinski definition) is 0. The molecule has 1 fully saturated rings. The molecule has 39 heavy (non-hydrogen) atoms. The Morgan fingerprint density at radius 1 is 1.08 bits per heavy atom. The van der Waals surface area contributed by atoms with Crippen LogP contribution in [0.25, 0.3) is 15.9 Å². The lowest BCUT2D eigenvalue weighted by molar-refractivity contribution is 0.125. The minimum Gasteiger partial charge on any atom is -0.362 e. The van der Waals surface area contributed by atoms with E-state index in [9.17, 15) is 9.18 Å². The number of anilines is 1. The summed E-state index contributed by atoms with van der Waals surface area (Å²) < 4.78 is 21.2. The molecule has 4 heterocycles. The zero-order chi connectivity index (χ0) is 28.1. The summed E-state index contributed by atoms with van der Waals surface area (Å²) in [6.45, 7) is 19.2. The molecule has 1 aromatic carbocycles. The number of nitrogens with zero attached hydrogens (tertiary/aromatic N) is 6. The molecule has 9 heteroatoms. The van der Waals surface area contributed by atoms with Gasteiger partial charge in [-0.2, -0.15) is 0 Å². The average Bonchev–Trinajstić information content (AvgIpc) is 3.40. The lowest BCUT2D eigenvalue weighted by Gasteiger charge is -2.47. The third-order valence-electron chi connectivity index (χ3n) is 7.58. The number of hydrogen-bond acceptors (Lipinski definition) is 6. The topological polar surface area (TPSA) is 71.8 Å². The summed E-state index contributed by atoms with van der Waals surface area (Å²) in [4.78, 5) is 25.5. The maximum Gasteiger partial charge on any atom is 0.270 e. The standard InChI is InChI=1S/C30H33FN6O2/c1-18-17-37(29(20-8-10-21(31)11-9-20)22-14-25(39-34-22)30(3,4)5)19(2)16-36(18)24-15-27(38)35(7)23-12-13-26(32-6)33-28(23)24/h8-15,18-19,29H,16-17H2,1-5,7H3/t18-,19+,29?/m0/s1. The fourth-order valence-electron chi connectivity index (χ4n) is 5.38. The molecule has 0 bridgehead atoms. The Labute approximate surface area is 227 Å². The Hall–Kier alpha value is -4.03. The molecule has 1 aliphatic heterocycles. The van der Waals surface area contributed by atoms with Gasteiger partial charge in [-0.25, -0.2) is 4.39 Å². The average molecular weight is 529 g/mol. The van der Waals surface area contributed by atoms with Gasteiger partial charge in [0.05, 0.1) is 17.2 Å². The van der Waals surface area contributed by atoms with Crippen molar-refractivity contribution in [3.8, 4) is 0 Å². The van der Waals surface area contributed by atoms with Gasteiger partial charge in [0.2, 0.25) is 5.52 Å². The zero-order valence-electron chi connectivity index (χ0n) is 23.1. The van der Waals surface area contributed by atoms with Crippen molar-refractivity contribution in [2.24, 2.45) is 7.05 Å². The van der Waals surface area contributed by atoms with Crippen LogP contribution in [0.5, 0.6) is 0 Å². The Balaban J connectivity index is 1.55. The first-order valence-corrected chi connectivity index (χ1v) is 13.1. The van der Waals surface area contributed by atoms with E-state index in [0.717, 1.165) is 22.7 Å². The first-order chi connectivity index (χ1) is 18.5. The van der Waals surface area contributed by atoms with Gasteiger partial charge < -0.3 is 18.8 Å². The molecular formula is C30H33FN6O2. The summed E-state index contributed by atoms with van der Waals surface area (Å²) in [7, 11) is 1.72. The third-order valence-corrected chi connectivity index (χ3v) is 7.58. The van der Waals surface area contributed by atoms with Crippen LogP contribution in [0.4, 0.5) is 15.9 Å². The first kappa shape index (κ1) is 26.6. The van der Waals surface area contributed by atoms with Crippen molar-refractivity contribution in [2.45, 2.75) is 58.2 Å². The van der Waals surface area contributed by atoms with Gasteiger partial charge in [-0.3, -0.25) is 9.69 Å². The van der Waals surface area contributed by atoms with Crippen molar-refractivity contribution in [3.63, 3.8) is 0 Å². The summed E-state index contributed by atoms with van der Waals surface area (Å²) in [6.07, 6.45) is 0. The number of aromatic nitrogens is 3. The van der Waals surface area contributed by atoms with E-state index in [1.807, 2.05) is 6.07 Å². The van der Waals surface area contributed by atoms with Crippen molar-refractivity contribution < 1.29 is 8.91 Å². The van der Waals surface area contributed by atoms with E-state index in [0.29, 0.717) is 29.9 Å². The molecule has 0 aliphatic carbocycles. The molecule has 1 saturated heterocycles. The van der Waals surface area contributed by atoms with E-state index in [2.05, 4.69) is 59.4 Å². The van der Waals surface area contributed by atoms with Crippen molar-refractivity contribution in [1.82, 2.24) is 19.6 Å². The van der Waals surface area contributed by atoms with Crippen LogP contribution in [-0.4, -0.2) is 44.8 Å². The van der Waals surface area contributed by atoms with Gasteiger partial charge in [0.25, 0.3) is 11.4 Å². The summed E-state index contributed by atoms with van der Waals surface area (Å²) in [5.74, 6) is 0.791. The van der Waals surface area contributed by atoms with Crippen LogP contribution >= 0.6 is 0 Å². The normalized spacial score (nSPS) is 19.3. The number of halogens is 1.